The van der Waals surface area contributed by atoms with E-state index in [1.54, 1.807) is 6.07 Å². The molecule has 4 heterocycles. The summed E-state index contributed by atoms with van der Waals surface area (Å²) in [5, 5.41) is 0. The maximum Gasteiger partial charge on any atom is 0.433 e. The number of halogens is 4. The Balaban J connectivity index is 1.49. The van der Waals surface area contributed by atoms with Crippen molar-refractivity contribution in [2.75, 3.05) is 13.1 Å². The summed E-state index contributed by atoms with van der Waals surface area (Å²) in [7, 11) is 0. The summed E-state index contributed by atoms with van der Waals surface area (Å²) in [6.07, 6.45) is 4.41. The van der Waals surface area contributed by atoms with Crippen molar-refractivity contribution in [3.8, 4) is 0 Å². The first-order chi connectivity index (χ1) is 17.2. The van der Waals surface area contributed by atoms with E-state index in [4.69, 9.17) is 0 Å². The summed E-state index contributed by atoms with van der Waals surface area (Å²) in [5.41, 5.74) is 0.905. The third-order valence-corrected chi connectivity index (χ3v) is 6.83. The molecule has 1 saturated heterocycles. The lowest BCUT2D eigenvalue weighted by Gasteiger charge is -2.36. The third-order valence-electron chi connectivity index (χ3n) is 6.83. The van der Waals surface area contributed by atoms with Crippen LogP contribution in [0.5, 0.6) is 0 Å². The van der Waals surface area contributed by atoms with Crippen LogP contribution in [0.25, 0.3) is 11.2 Å². The fourth-order valence-electron chi connectivity index (χ4n) is 5.13. The summed E-state index contributed by atoms with van der Waals surface area (Å²) < 4.78 is 56.4. The summed E-state index contributed by atoms with van der Waals surface area (Å²) in [4.78, 5) is 31.3. The molecule has 0 radical (unpaired) electrons. The van der Waals surface area contributed by atoms with Crippen LogP contribution in [0.2, 0.25) is 0 Å². The lowest BCUT2D eigenvalue weighted by Crippen LogP contribution is -2.36. The molecule has 11 heteroatoms. The van der Waals surface area contributed by atoms with Gasteiger partial charge in [-0.25, -0.2) is 19.3 Å². The number of aromatic nitrogens is 5. The van der Waals surface area contributed by atoms with Gasteiger partial charge < -0.3 is 4.90 Å². The number of nitrogens with zero attached hydrogens (tertiary/aromatic N) is 6. The van der Waals surface area contributed by atoms with Crippen LogP contribution in [0.15, 0.2) is 59.0 Å². The van der Waals surface area contributed by atoms with Gasteiger partial charge in [-0.3, -0.25) is 14.3 Å². The standard InChI is InChI=1S/C25H24F4N6O/c1-15-3-2-4-19(26)21(15)34-9-5-16(6-10-34)18-11-20-23(32-8-7-31-20)35(24(18)36)13-17-12-30-14-33-22(17)25(27,28)29/h3,7-8,11-12,14,16H,2,4-6,9-10,13H2,1H3. The van der Waals surface area contributed by atoms with Gasteiger partial charge in [0.15, 0.2) is 11.3 Å². The van der Waals surface area contributed by atoms with Gasteiger partial charge in [-0.2, -0.15) is 13.2 Å². The van der Waals surface area contributed by atoms with Crippen molar-refractivity contribution in [3.05, 3.63) is 81.3 Å². The summed E-state index contributed by atoms with van der Waals surface area (Å²) in [6.45, 7) is 2.66. The molecule has 3 aromatic rings. The summed E-state index contributed by atoms with van der Waals surface area (Å²) in [6, 6.07) is 1.68. The molecule has 1 fully saturated rings. The Morgan fingerprint density at radius 1 is 1.11 bits per heavy atom. The lowest BCUT2D eigenvalue weighted by atomic mass is 9.88. The van der Waals surface area contributed by atoms with Gasteiger partial charge in [0.25, 0.3) is 5.56 Å². The Hall–Kier alpha value is -3.63. The van der Waals surface area contributed by atoms with E-state index in [1.165, 1.54) is 17.0 Å². The first kappa shape index (κ1) is 24.1. The molecule has 0 unspecified atom stereocenters. The largest absolute Gasteiger partial charge is 0.433 e. The van der Waals surface area contributed by atoms with Gasteiger partial charge in [0.1, 0.15) is 17.7 Å². The third kappa shape index (κ3) is 4.49. The minimum absolute atomic E-state index is 0.109. The second-order valence-electron chi connectivity index (χ2n) is 9.09. The molecule has 0 amide bonds. The number of pyridine rings is 1. The highest BCUT2D eigenvalue weighted by atomic mass is 19.4. The van der Waals surface area contributed by atoms with Crippen LogP contribution in [0.4, 0.5) is 17.6 Å². The Kier molecular flexibility index (Phi) is 6.31. The van der Waals surface area contributed by atoms with Crippen LogP contribution in [0, 0.1) is 0 Å². The quantitative estimate of drug-likeness (QED) is 0.482. The number of alkyl halides is 3. The number of fused-ring (bicyclic) bond motifs is 1. The highest BCUT2D eigenvalue weighted by Gasteiger charge is 2.36. The van der Waals surface area contributed by atoms with E-state index in [2.05, 4.69) is 19.9 Å². The predicted molar refractivity (Wildman–Crippen MR) is 125 cm³/mol. The van der Waals surface area contributed by atoms with Crippen LogP contribution in [-0.4, -0.2) is 42.5 Å². The zero-order valence-corrected chi connectivity index (χ0v) is 19.6. The number of hydrogen-bond donors (Lipinski definition) is 0. The average Bonchev–Trinajstić information content (AvgIpc) is 2.86. The van der Waals surface area contributed by atoms with Crippen molar-refractivity contribution in [2.24, 2.45) is 0 Å². The minimum Gasteiger partial charge on any atom is -0.369 e. The molecular weight excluding hydrogens is 476 g/mol. The molecule has 0 aromatic carbocycles. The monoisotopic (exact) mass is 500 g/mol. The molecule has 0 saturated carbocycles. The minimum atomic E-state index is -4.69. The summed E-state index contributed by atoms with van der Waals surface area (Å²) >= 11 is 0. The highest BCUT2D eigenvalue weighted by Crippen LogP contribution is 2.35. The van der Waals surface area contributed by atoms with Gasteiger partial charge in [0.2, 0.25) is 0 Å². The van der Waals surface area contributed by atoms with Crippen LogP contribution < -0.4 is 5.56 Å². The molecule has 3 aromatic heterocycles. The van der Waals surface area contributed by atoms with Crippen LogP contribution in [-0.2, 0) is 12.7 Å². The van der Waals surface area contributed by atoms with E-state index in [0.29, 0.717) is 55.5 Å². The van der Waals surface area contributed by atoms with E-state index in [1.807, 2.05) is 17.9 Å². The number of allylic oxidation sites excluding steroid dienone is 3. The molecule has 1 aliphatic heterocycles. The maximum atomic E-state index is 14.6. The predicted octanol–water partition coefficient (Wildman–Crippen LogP) is 4.75. The van der Waals surface area contributed by atoms with E-state index in [9.17, 15) is 22.4 Å². The zero-order chi connectivity index (χ0) is 25.4. The fraction of sp³-hybridized carbons (Fsp3) is 0.400. The first-order valence-corrected chi connectivity index (χ1v) is 11.7. The van der Waals surface area contributed by atoms with E-state index >= 15 is 0 Å². The maximum absolute atomic E-state index is 14.6. The molecule has 7 nitrogen and oxygen atoms in total. The molecule has 0 N–H and O–H groups in total. The topological polar surface area (TPSA) is 76.8 Å². The molecule has 0 bridgehead atoms. The van der Waals surface area contributed by atoms with Gasteiger partial charge in [0, 0.05) is 49.2 Å². The lowest BCUT2D eigenvalue weighted by molar-refractivity contribution is -0.142. The van der Waals surface area contributed by atoms with Crippen molar-refractivity contribution in [1.29, 1.82) is 0 Å². The number of hydrogen-bond acceptors (Lipinski definition) is 6. The normalized spacial score (nSPS) is 17.6. The van der Waals surface area contributed by atoms with Crippen molar-refractivity contribution >= 4 is 11.2 Å². The van der Waals surface area contributed by atoms with E-state index in [-0.39, 0.29) is 23.0 Å². The van der Waals surface area contributed by atoms with Gasteiger partial charge in [-0.05, 0) is 43.7 Å². The molecule has 2 aliphatic rings. The van der Waals surface area contributed by atoms with Gasteiger partial charge >= 0.3 is 6.18 Å². The number of piperidine rings is 1. The SMILES string of the molecule is CC1=CCCC(F)=C1N1CCC(c2cc3nccnc3n(Cc3cncnc3C(F)(F)F)c2=O)CC1. The number of likely N-dealkylation sites (tertiary alicyclic amines) is 1. The van der Waals surface area contributed by atoms with Gasteiger partial charge in [0.05, 0.1) is 12.2 Å². The van der Waals surface area contributed by atoms with Crippen LogP contribution in [0.1, 0.15) is 55.3 Å². The molecule has 0 atom stereocenters. The van der Waals surface area contributed by atoms with Crippen LogP contribution >= 0.6 is 0 Å². The number of rotatable bonds is 4. The Morgan fingerprint density at radius 3 is 2.58 bits per heavy atom. The molecule has 5 rings (SSSR count). The molecular formula is C25H24F4N6O. The Bertz CT molecular complexity index is 1420. The van der Waals surface area contributed by atoms with Crippen LogP contribution in [0.3, 0.4) is 0 Å². The van der Waals surface area contributed by atoms with Gasteiger partial charge in [-0.15, -0.1) is 0 Å². The second kappa shape index (κ2) is 9.44. The van der Waals surface area contributed by atoms with Crippen molar-refractivity contribution < 1.29 is 17.6 Å². The van der Waals surface area contributed by atoms with Crippen molar-refractivity contribution in [1.82, 2.24) is 29.4 Å². The molecule has 188 valence electrons. The Morgan fingerprint density at radius 2 is 1.86 bits per heavy atom. The highest BCUT2D eigenvalue weighted by molar-refractivity contribution is 5.70. The van der Waals surface area contributed by atoms with Crippen molar-refractivity contribution in [3.63, 3.8) is 0 Å². The summed E-state index contributed by atoms with van der Waals surface area (Å²) in [5.74, 6) is -0.251. The van der Waals surface area contributed by atoms with E-state index < -0.39 is 24.0 Å². The second-order valence-corrected chi connectivity index (χ2v) is 9.09. The fourth-order valence-corrected chi connectivity index (χ4v) is 5.13. The molecule has 0 spiro atoms. The van der Waals surface area contributed by atoms with E-state index in [0.717, 1.165) is 18.1 Å². The first-order valence-electron chi connectivity index (χ1n) is 11.7. The average molecular weight is 501 g/mol. The molecule has 1 aliphatic carbocycles. The van der Waals surface area contributed by atoms with Crippen molar-refractivity contribution in [2.45, 2.75) is 51.2 Å². The van der Waals surface area contributed by atoms with Gasteiger partial charge in [-0.1, -0.05) is 6.08 Å². The zero-order valence-electron chi connectivity index (χ0n) is 19.6. The smallest absolute Gasteiger partial charge is 0.369 e. The molecule has 36 heavy (non-hydrogen) atoms. The Labute approximate surface area is 204 Å².